The normalized spacial score (nSPS) is 24.7. The average Bonchev–Trinajstić information content (AvgIpc) is 2.31. The van der Waals surface area contributed by atoms with Gasteiger partial charge in [-0.2, -0.15) is 0 Å². The molecule has 1 aromatic carbocycles. The number of nitrogens with zero attached hydrogens (tertiary/aromatic N) is 1. The molecule has 0 radical (unpaired) electrons. The number of halogens is 2. The molecule has 1 aromatic rings. The SMILES string of the molecule is CC(C)C1CC(N)CN(c2cccc(F)c2F)C1. The van der Waals surface area contributed by atoms with E-state index >= 15 is 0 Å². The largest absolute Gasteiger partial charge is 0.367 e. The Morgan fingerprint density at radius 1 is 1.28 bits per heavy atom. The molecule has 1 fully saturated rings. The Labute approximate surface area is 107 Å². The molecule has 2 unspecified atom stereocenters. The summed E-state index contributed by atoms with van der Waals surface area (Å²) in [5, 5.41) is 0. The fourth-order valence-electron chi connectivity index (χ4n) is 2.59. The van der Waals surface area contributed by atoms with Crippen molar-refractivity contribution in [1.82, 2.24) is 0 Å². The fourth-order valence-corrected chi connectivity index (χ4v) is 2.59. The average molecular weight is 254 g/mol. The zero-order valence-corrected chi connectivity index (χ0v) is 10.9. The van der Waals surface area contributed by atoms with Gasteiger partial charge in [-0.1, -0.05) is 19.9 Å². The molecular formula is C14H20F2N2. The van der Waals surface area contributed by atoms with Gasteiger partial charge in [-0.25, -0.2) is 8.78 Å². The van der Waals surface area contributed by atoms with Gasteiger partial charge in [0.25, 0.3) is 0 Å². The number of anilines is 1. The van der Waals surface area contributed by atoms with Crippen LogP contribution in [-0.4, -0.2) is 19.1 Å². The third-order valence-electron chi connectivity index (χ3n) is 3.73. The lowest BCUT2D eigenvalue weighted by atomic mass is 9.85. The first-order valence-corrected chi connectivity index (χ1v) is 6.43. The molecule has 1 saturated heterocycles. The van der Waals surface area contributed by atoms with E-state index in [9.17, 15) is 8.78 Å². The van der Waals surface area contributed by atoms with Gasteiger partial charge in [0.2, 0.25) is 0 Å². The van der Waals surface area contributed by atoms with Crippen molar-refractivity contribution in [2.75, 3.05) is 18.0 Å². The van der Waals surface area contributed by atoms with Gasteiger partial charge in [0.1, 0.15) is 0 Å². The standard InChI is InChI=1S/C14H20F2N2/c1-9(2)10-6-11(17)8-18(7-10)13-5-3-4-12(15)14(13)16/h3-5,9-11H,6-8,17H2,1-2H3. The predicted molar refractivity (Wildman–Crippen MR) is 69.5 cm³/mol. The smallest absolute Gasteiger partial charge is 0.182 e. The predicted octanol–water partition coefficient (Wildman–Crippen LogP) is 2.77. The summed E-state index contributed by atoms with van der Waals surface area (Å²) in [5.74, 6) is -0.645. The van der Waals surface area contributed by atoms with E-state index in [1.54, 1.807) is 6.07 Å². The number of hydrogen-bond acceptors (Lipinski definition) is 2. The zero-order chi connectivity index (χ0) is 13.3. The first-order chi connectivity index (χ1) is 8.49. The van der Waals surface area contributed by atoms with Crippen molar-refractivity contribution in [3.63, 3.8) is 0 Å². The molecule has 2 nitrogen and oxygen atoms in total. The Balaban J connectivity index is 2.24. The molecule has 4 heteroatoms. The second-order valence-corrected chi connectivity index (χ2v) is 5.48. The second kappa shape index (κ2) is 5.22. The Morgan fingerprint density at radius 2 is 2.00 bits per heavy atom. The van der Waals surface area contributed by atoms with Crippen molar-refractivity contribution in [3.8, 4) is 0 Å². The summed E-state index contributed by atoms with van der Waals surface area (Å²) >= 11 is 0. The van der Waals surface area contributed by atoms with Crippen LogP contribution in [0.25, 0.3) is 0 Å². The van der Waals surface area contributed by atoms with Gasteiger partial charge in [0, 0.05) is 19.1 Å². The highest BCUT2D eigenvalue weighted by atomic mass is 19.2. The maximum Gasteiger partial charge on any atom is 0.182 e. The van der Waals surface area contributed by atoms with Gasteiger partial charge >= 0.3 is 0 Å². The van der Waals surface area contributed by atoms with Crippen LogP contribution >= 0.6 is 0 Å². The minimum Gasteiger partial charge on any atom is -0.367 e. The summed E-state index contributed by atoms with van der Waals surface area (Å²) in [6, 6.07) is 4.32. The summed E-state index contributed by atoms with van der Waals surface area (Å²) < 4.78 is 27.0. The number of hydrogen-bond donors (Lipinski definition) is 1. The highest BCUT2D eigenvalue weighted by molar-refractivity contribution is 5.48. The first-order valence-electron chi connectivity index (χ1n) is 6.43. The monoisotopic (exact) mass is 254 g/mol. The topological polar surface area (TPSA) is 29.3 Å². The van der Waals surface area contributed by atoms with Crippen LogP contribution in [0.3, 0.4) is 0 Å². The molecule has 100 valence electrons. The summed E-state index contributed by atoms with van der Waals surface area (Å²) in [6.45, 7) is 5.61. The van der Waals surface area contributed by atoms with Crippen LogP contribution in [0.15, 0.2) is 18.2 Å². The van der Waals surface area contributed by atoms with Gasteiger partial charge in [-0.3, -0.25) is 0 Å². The van der Waals surface area contributed by atoms with Crippen LogP contribution in [0.5, 0.6) is 0 Å². The lowest BCUT2D eigenvalue weighted by Gasteiger charge is -2.39. The van der Waals surface area contributed by atoms with E-state index in [2.05, 4.69) is 13.8 Å². The summed E-state index contributed by atoms with van der Waals surface area (Å²) in [4.78, 5) is 1.87. The number of rotatable bonds is 2. The lowest BCUT2D eigenvalue weighted by molar-refractivity contribution is 0.296. The minimum absolute atomic E-state index is 0.0221. The van der Waals surface area contributed by atoms with E-state index in [0.29, 0.717) is 24.1 Å². The van der Waals surface area contributed by atoms with Crippen molar-refractivity contribution >= 4 is 5.69 Å². The van der Waals surface area contributed by atoms with Crippen molar-refractivity contribution < 1.29 is 8.78 Å². The Morgan fingerprint density at radius 3 is 2.67 bits per heavy atom. The fraction of sp³-hybridized carbons (Fsp3) is 0.571. The molecule has 0 spiro atoms. The quantitative estimate of drug-likeness (QED) is 0.879. The molecule has 1 aliphatic heterocycles. The highest BCUT2D eigenvalue weighted by Gasteiger charge is 2.28. The summed E-state index contributed by atoms with van der Waals surface area (Å²) in [7, 11) is 0. The molecule has 0 bridgehead atoms. The van der Waals surface area contributed by atoms with E-state index in [0.717, 1.165) is 19.0 Å². The molecule has 0 amide bonds. The highest BCUT2D eigenvalue weighted by Crippen LogP contribution is 2.29. The molecule has 2 rings (SSSR count). The lowest BCUT2D eigenvalue weighted by Crippen LogP contribution is -2.48. The van der Waals surface area contributed by atoms with Crippen LogP contribution in [0.1, 0.15) is 20.3 Å². The summed E-state index contributed by atoms with van der Waals surface area (Å²) in [5.41, 5.74) is 6.35. The molecule has 0 saturated carbocycles. The van der Waals surface area contributed by atoms with Crippen molar-refractivity contribution in [2.45, 2.75) is 26.3 Å². The Bertz CT molecular complexity index is 420. The molecule has 2 N–H and O–H groups in total. The third-order valence-corrected chi connectivity index (χ3v) is 3.73. The van der Waals surface area contributed by atoms with Gasteiger partial charge in [-0.05, 0) is 30.4 Å². The van der Waals surface area contributed by atoms with Crippen LogP contribution < -0.4 is 10.6 Å². The van der Waals surface area contributed by atoms with Crippen molar-refractivity contribution in [2.24, 2.45) is 17.6 Å². The van der Waals surface area contributed by atoms with Gasteiger partial charge in [0.05, 0.1) is 5.69 Å². The third kappa shape index (κ3) is 2.64. The van der Waals surface area contributed by atoms with E-state index < -0.39 is 11.6 Å². The number of piperidine rings is 1. The Hall–Kier alpha value is -1.16. The van der Waals surface area contributed by atoms with Crippen LogP contribution in [0.4, 0.5) is 14.5 Å². The maximum absolute atomic E-state index is 13.8. The minimum atomic E-state index is -0.798. The van der Waals surface area contributed by atoms with Crippen LogP contribution in [0, 0.1) is 23.5 Å². The van der Waals surface area contributed by atoms with Crippen LogP contribution in [-0.2, 0) is 0 Å². The Kier molecular flexibility index (Phi) is 3.85. The first kappa shape index (κ1) is 13.3. The molecule has 0 aliphatic carbocycles. The maximum atomic E-state index is 13.8. The second-order valence-electron chi connectivity index (χ2n) is 5.48. The molecule has 1 heterocycles. The van der Waals surface area contributed by atoms with Gasteiger partial charge < -0.3 is 10.6 Å². The molecular weight excluding hydrogens is 234 g/mol. The van der Waals surface area contributed by atoms with E-state index in [1.165, 1.54) is 6.07 Å². The van der Waals surface area contributed by atoms with E-state index in [-0.39, 0.29) is 6.04 Å². The van der Waals surface area contributed by atoms with E-state index in [4.69, 9.17) is 5.73 Å². The van der Waals surface area contributed by atoms with Crippen molar-refractivity contribution in [1.29, 1.82) is 0 Å². The van der Waals surface area contributed by atoms with Gasteiger partial charge in [0.15, 0.2) is 11.6 Å². The number of nitrogens with two attached hydrogens (primary N) is 1. The molecule has 2 atom stereocenters. The van der Waals surface area contributed by atoms with Crippen LogP contribution in [0.2, 0.25) is 0 Å². The zero-order valence-electron chi connectivity index (χ0n) is 10.9. The number of benzene rings is 1. The molecule has 1 aliphatic rings. The van der Waals surface area contributed by atoms with E-state index in [1.807, 2.05) is 4.90 Å². The van der Waals surface area contributed by atoms with Crippen molar-refractivity contribution in [3.05, 3.63) is 29.8 Å². The molecule has 18 heavy (non-hydrogen) atoms. The van der Waals surface area contributed by atoms with Gasteiger partial charge in [-0.15, -0.1) is 0 Å². The summed E-state index contributed by atoms with van der Waals surface area (Å²) in [6.07, 6.45) is 0.950. The molecule has 0 aromatic heterocycles.